The van der Waals surface area contributed by atoms with E-state index in [-0.39, 0.29) is 24.0 Å². The second kappa shape index (κ2) is 6.34. The molecule has 5 nitrogen and oxygen atoms in total. The van der Waals surface area contributed by atoms with Gasteiger partial charge in [-0.3, -0.25) is 9.48 Å². The highest BCUT2D eigenvalue weighted by molar-refractivity contribution is 6.31. The maximum absolute atomic E-state index is 12.7. The van der Waals surface area contributed by atoms with Crippen LogP contribution >= 0.6 is 11.6 Å². The number of aliphatic hydroxyl groups excluding tert-OH is 1. The minimum Gasteiger partial charge on any atom is -0.393 e. The predicted octanol–water partition coefficient (Wildman–Crippen LogP) is 2.62. The number of nitrogens with one attached hydrogen (secondary N) is 1. The molecule has 2 N–H and O–H groups in total. The van der Waals surface area contributed by atoms with E-state index in [0.717, 1.165) is 11.1 Å². The third kappa shape index (κ3) is 3.41. The van der Waals surface area contributed by atoms with Gasteiger partial charge in [0, 0.05) is 29.4 Å². The van der Waals surface area contributed by atoms with Crippen molar-refractivity contribution in [3.63, 3.8) is 0 Å². The number of rotatable bonds is 4. The Labute approximate surface area is 140 Å². The number of nitrogens with zero attached hydrogens (tertiary/aromatic N) is 2. The van der Waals surface area contributed by atoms with E-state index in [1.54, 1.807) is 23.0 Å². The molecule has 1 aliphatic rings. The van der Waals surface area contributed by atoms with Crippen molar-refractivity contribution >= 4 is 17.5 Å². The van der Waals surface area contributed by atoms with Crippen LogP contribution < -0.4 is 5.32 Å². The van der Waals surface area contributed by atoms with Crippen LogP contribution in [0.1, 0.15) is 40.4 Å². The Balaban J connectivity index is 1.83. The number of aliphatic hydroxyl groups is 1. The number of amides is 1. The van der Waals surface area contributed by atoms with Crippen LogP contribution in [0, 0.1) is 12.8 Å². The standard InChI is InChI=1S/C17H20ClN3O2/c1-10-3-4-13(18)7-15(10)17(23)20-16(11-5-14(22)6-11)12-8-19-21(2)9-12/h3-4,7-9,11,14,16,22H,5-6H2,1-2H3,(H,20,23)/t11?,14?,16-/m1/s1. The van der Waals surface area contributed by atoms with E-state index in [4.69, 9.17) is 11.6 Å². The third-order valence-corrected chi connectivity index (χ3v) is 4.67. The first-order chi connectivity index (χ1) is 10.9. The second-order valence-electron chi connectivity index (χ2n) is 6.24. The van der Waals surface area contributed by atoms with Gasteiger partial charge in [0.1, 0.15) is 0 Å². The summed E-state index contributed by atoms with van der Waals surface area (Å²) in [7, 11) is 1.85. The summed E-state index contributed by atoms with van der Waals surface area (Å²) in [6, 6.07) is 5.14. The average Bonchev–Trinajstić information content (AvgIpc) is 2.90. The molecule has 0 spiro atoms. The summed E-state index contributed by atoms with van der Waals surface area (Å²) in [4.78, 5) is 12.7. The zero-order valence-corrected chi connectivity index (χ0v) is 13.9. The van der Waals surface area contributed by atoms with Crippen LogP contribution in [0.2, 0.25) is 5.02 Å². The van der Waals surface area contributed by atoms with Crippen LogP contribution in [0.3, 0.4) is 0 Å². The van der Waals surface area contributed by atoms with E-state index in [9.17, 15) is 9.90 Å². The summed E-state index contributed by atoms with van der Waals surface area (Å²) in [5.41, 5.74) is 2.41. The SMILES string of the molecule is Cc1ccc(Cl)cc1C(=O)N[C@@H](c1cnn(C)c1)C1CC(O)C1. The van der Waals surface area contributed by atoms with Crippen molar-refractivity contribution in [2.24, 2.45) is 13.0 Å². The fraction of sp³-hybridized carbons (Fsp3) is 0.412. The van der Waals surface area contributed by atoms with Gasteiger partial charge in [-0.05, 0) is 43.4 Å². The molecule has 1 aliphatic carbocycles. The molecule has 1 atom stereocenters. The van der Waals surface area contributed by atoms with Crippen LogP contribution in [0.5, 0.6) is 0 Å². The number of benzene rings is 1. The molecule has 6 heteroatoms. The Bertz CT molecular complexity index is 722. The smallest absolute Gasteiger partial charge is 0.252 e. The van der Waals surface area contributed by atoms with Gasteiger partial charge in [-0.15, -0.1) is 0 Å². The van der Waals surface area contributed by atoms with Crippen molar-refractivity contribution in [3.8, 4) is 0 Å². The van der Waals surface area contributed by atoms with Crippen LogP contribution in [0.25, 0.3) is 0 Å². The molecule has 23 heavy (non-hydrogen) atoms. The van der Waals surface area contributed by atoms with Gasteiger partial charge in [0.15, 0.2) is 0 Å². The van der Waals surface area contributed by atoms with Gasteiger partial charge in [0.05, 0.1) is 18.3 Å². The molecule has 0 aliphatic heterocycles. The minimum absolute atomic E-state index is 0.153. The van der Waals surface area contributed by atoms with Crippen LogP contribution in [0.15, 0.2) is 30.6 Å². The van der Waals surface area contributed by atoms with Crippen molar-refractivity contribution in [1.29, 1.82) is 0 Å². The van der Waals surface area contributed by atoms with Crippen LogP contribution in [0.4, 0.5) is 0 Å². The van der Waals surface area contributed by atoms with Gasteiger partial charge in [0.2, 0.25) is 0 Å². The second-order valence-corrected chi connectivity index (χ2v) is 6.68. The van der Waals surface area contributed by atoms with Gasteiger partial charge >= 0.3 is 0 Å². The first kappa shape index (κ1) is 16.0. The largest absolute Gasteiger partial charge is 0.393 e. The van der Waals surface area contributed by atoms with Crippen molar-refractivity contribution < 1.29 is 9.90 Å². The van der Waals surface area contributed by atoms with Crippen LogP contribution in [-0.4, -0.2) is 26.9 Å². The highest BCUT2D eigenvalue weighted by Gasteiger charge is 2.36. The lowest BCUT2D eigenvalue weighted by atomic mass is 9.75. The summed E-state index contributed by atoms with van der Waals surface area (Å²) in [5, 5.41) is 17.4. The van der Waals surface area contributed by atoms with E-state index in [1.807, 2.05) is 26.2 Å². The molecule has 0 radical (unpaired) electrons. The lowest BCUT2D eigenvalue weighted by molar-refractivity contribution is 0.0235. The molecule has 1 aromatic heterocycles. The molecule has 0 unspecified atom stereocenters. The average molecular weight is 334 g/mol. The third-order valence-electron chi connectivity index (χ3n) is 4.44. The van der Waals surface area contributed by atoms with Gasteiger partial charge in [0.25, 0.3) is 5.91 Å². The number of hydrogen-bond donors (Lipinski definition) is 2. The number of aryl methyl sites for hydroxylation is 2. The van der Waals surface area contributed by atoms with Crippen molar-refractivity contribution in [2.45, 2.75) is 31.9 Å². The Morgan fingerprint density at radius 1 is 1.48 bits per heavy atom. The minimum atomic E-state index is -0.274. The van der Waals surface area contributed by atoms with E-state index in [1.165, 1.54) is 0 Å². The van der Waals surface area contributed by atoms with Gasteiger partial charge in [-0.25, -0.2) is 0 Å². The summed E-state index contributed by atoms with van der Waals surface area (Å²) < 4.78 is 1.72. The molecule has 2 aromatic rings. The topological polar surface area (TPSA) is 67.2 Å². The lowest BCUT2D eigenvalue weighted by Gasteiger charge is -2.37. The van der Waals surface area contributed by atoms with E-state index >= 15 is 0 Å². The Kier molecular flexibility index (Phi) is 4.41. The summed E-state index contributed by atoms with van der Waals surface area (Å²) >= 11 is 6.01. The highest BCUT2D eigenvalue weighted by atomic mass is 35.5. The lowest BCUT2D eigenvalue weighted by Crippen LogP contribution is -2.41. The van der Waals surface area contributed by atoms with E-state index < -0.39 is 0 Å². The Hall–Kier alpha value is -1.85. The summed E-state index contributed by atoms with van der Waals surface area (Å²) in [5.74, 6) is 0.0675. The van der Waals surface area contributed by atoms with E-state index in [2.05, 4.69) is 10.4 Å². The molecule has 1 fully saturated rings. The number of carbonyl (C=O) groups is 1. The Morgan fingerprint density at radius 2 is 2.22 bits per heavy atom. The molecule has 0 bridgehead atoms. The molecule has 3 rings (SSSR count). The highest BCUT2D eigenvalue weighted by Crippen LogP contribution is 2.38. The maximum atomic E-state index is 12.7. The van der Waals surface area contributed by atoms with E-state index in [0.29, 0.717) is 23.4 Å². The summed E-state index contributed by atoms with van der Waals surface area (Å²) in [6.07, 6.45) is 4.77. The van der Waals surface area contributed by atoms with Crippen molar-refractivity contribution in [1.82, 2.24) is 15.1 Å². The zero-order chi connectivity index (χ0) is 16.6. The van der Waals surface area contributed by atoms with Crippen molar-refractivity contribution in [2.75, 3.05) is 0 Å². The van der Waals surface area contributed by atoms with Gasteiger partial charge in [-0.2, -0.15) is 5.10 Å². The zero-order valence-electron chi connectivity index (χ0n) is 13.2. The maximum Gasteiger partial charge on any atom is 0.252 e. The first-order valence-electron chi connectivity index (χ1n) is 7.67. The molecular formula is C17H20ClN3O2. The molecule has 1 saturated carbocycles. The molecule has 1 aromatic carbocycles. The predicted molar refractivity (Wildman–Crippen MR) is 88.3 cm³/mol. The number of hydrogen-bond acceptors (Lipinski definition) is 3. The fourth-order valence-corrected chi connectivity index (χ4v) is 3.21. The summed E-state index contributed by atoms with van der Waals surface area (Å²) in [6.45, 7) is 1.89. The normalized spacial score (nSPS) is 21.6. The fourth-order valence-electron chi connectivity index (χ4n) is 3.03. The first-order valence-corrected chi connectivity index (χ1v) is 8.05. The number of carbonyl (C=O) groups excluding carboxylic acids is 1. The monoisotopic (exact) mass is 333 g/mol. The quantitative estimate of drug-likeness (QED) is 0.903. The van der Waals surface area contributed by atoms with Crippen LogP contribution in [-0.2, 0) is 7.05 Å². The molecule has 0 saturated heterocycles. The Morgan fingerprint density at radius 3 is 2.83 bits per heavy atom. The number of aromatic nitrogens is 2. The molecule has 1 amide bonds. The van der Waals surface area contributed by atoms with Gasteiger partial charge in [-0.1, -0.05) is 17.7 Å². The van der Waals surface area contributed by atoms with Gasteiger partial charge < -0.3 is 10.4 Å². The molecule has 1 heterocycles. The molecule has 122 valence electrons. The van der Waals surface area contributed by atoms with Crippen molar-refractivity contribution in [3.05, 3.63) is 52.3 Å². The molecular weight excluding hydrogens is 314 g/mol. The number of halogens is 1.